The maximum absolute atomic E-state index is 11.7. The molecule has 0 N–H and O–H groups in total. The normalized spacial score (nSPS) is 10.8. The van der Waals surface area contributed by atoms with Crippen LogP contribution in [0.5, 0.6) is 0 Å². The van der Waals surface area contributed by atoms with E-state index in [-0.39, 0.29) is 5.63 Å². The number of fused-ring (bicyclic) bond motifs is 1. The van der Waals surface area contributed by atoms with Crippen LogP contribution in [-0.4, -0.2) is 9.78 Å². The Morgan fingerprint density at radius 1 is 1.19 bits per heavy atom. The Kier molecular flexibility index (Phi) is 1.86. The van der Waals surface area contributed by atoms with Gasteiger partial charge in [0.1, 0.15) is 0 Å². The van der Waals surface area contributed by atoms with Gasteiger partial charge in [0.05, 0.1) is 5.39 Å². The summed E-state index contributed by atoms with van der Waals surface area (Å²) in [5, 5.41) is 5.45. The number of aromatic nitrogens is 2. The van der Waals surface area contributed by atoms with Crippen LogP contribution >= 0.6 is 0 Å². The lowest BCUT2D eigenvalue weighted by Gasteiger charge is -2.01. The smallest absolute Gasteiger partial charge is 0.345 e. The van der Waals surface area contributed by atoms with Crippen LogP contribution in [0.4, 0.5) is 0 Å². The summed E-state index contributed by atoms with van der Waals surface area (Å²) in [5.74, 6) is 0.425. The van der Waals surface area contributed by atoms with Crippen molar-refractivity contribution in [2.75, 3.05) is 0 Å². The molecule has 0 unspecified atom stereocenters. The molecule has 0 radical (unpaired) electrons. The lowest BCUT2D eigenvalue weighted by Crippen LogP contribution is -2.04. The van der Waals surface area contributed by atoms with Crippen LogP contribution in [-0.2, 0) is 0 Å². The largest absolute Gasteiger partial charge is 0.404 e. The van der Waals surface area contributed by atoms with Crippen molar-refractivity contribution in [3.63, 3.8) is 0 Å². The third-order valence-corrected chi connectivity index (χ3v) is 2.39. The molecule has 0 spiro atoms. The Hall–Kier alpha value is -2.36. The highest BCUT2D eigenvalue weighted by Crippen LogP contribution is 2.13. The van der Waals surface area contributed by atoms with Crippen molar-refractivity contribution >= 4 is 10.8 Å². The molecule has 0 aliphatic carbocycles. The third kappa shape index (κ3) is 1.32. The average Bonchev–Trinajstić information content (AvgIpc) is 2.82. The first kappa shape index (κ1) is 8.91. The highest BCUT2D eigenvalue weighted by atomic mass is 16.4. The zero-order valence-electron chi connectivity index (χ0n) is 8.33. The summed E-state index contributed by atoms with van der Waals surface area (Å²) in [5.41, 5.74) is -0.344. The molecule has 3 rings (SSSR count). The lowest BCUT2D eigenvalue weighted by molar-refractivity contribution is 0.482. The summed E-state index contributed by atoms with van der Waals surface area (Å²) in [6.45, 7) is 0. The number of benzene rings is 1. The fourth-order valence-electron chi connectivity index (χ4n) is 1.63. The fraction of sp³-hybridized carbons (Fsp3) is 0. The van der Waals surface area contributed by atoms with Crippen molar-refractivity contribution in [3.8, 4) is 5.88 Å². The van der Waals surface area contributed by atoms with E-state index in [4.69, 9.17) is 4.42 Å². The van der Waals surface area contributed by atoms with Crippen LogP contribution in [0.2, 0.25) is 0 Å². The van der Waals surface area contributed by atoms with E-state index in [0.717, 1.165) is 5.39 Å². The number of rotatable bonds is 1. The van der Waals surface area contributed by atoms with Gasteiger partial charge in [0.25, 0.3) is 0 Å². The van der Waals surface area contributed by atoms with E-state index in [2.05, 4.69) is 5.10 Å². The molecule has 0 saturated carbocycles. The molecule has 78 valence electrons. The van der Waals surface area contributed by atoms with Crippen LogP contribution in [0.15, 0.2) is 58.0 Å². The van der Waals surface area contributed by atoms with Gasteiger partial charge in [-0.05, 0) is 17.5 Å². The lowest BCUT2D eigenvalue weighted by atomic mass is 10.2. The number of nitrogens with zero attached hydrogens (tertiary/aromatic N) is 2. The number of hydrogen-bond acceptors (Lipinski definition) is 3. The first-order valence-corrected chi connectivity index (χ1v) is 4.87. The van der Waals surface area contributed by atoms with Gasteiger partial charge >= 0.3 is 5.63 Å². The van der Waals surface area contributed by atoms with Crippen LogP contribution in [0.3, 0.4) is 0 Å². The van der Waals surface area contributed by atoms with Crippen LogP contribution in [0, 0.1) is 0 Å². The first-order chi connectivity index (χ1) is 7.84. The van der Waals surface area contributed by atoms with E-state index in [9.17, 15) is 4.79 Å². The Morgan fingerprint density at radius 2 is 2.06 bits per heavy atom. The summed E-state index contributed by atoms with van der Waals surface area (Å²) in [6, 6.07) is 10.9. The van der Waals surface area contributed by atoms with Crippen LogP contribution in [0.25, 0.3) is 16.7 Å². The van der Waals surface area contributed by atoms with Crippen LogP contribution in [0.1, 0.15) is 0 Å². The molecule has 4 nitrogen and oxygen atoms in total. The second kappa shape index (κ2) is 3.34. The fourth-order valence-corrected chi connectivity index (χ4v) is 1.63. The molecular weight excluding hydrogens is 204 g/mol. The number of hydrogen-bond donors (Lipinski definition) is 0. The van der Waals surface area contributed by atoms with Gasteiger partial charge in [-0.2, -0.15) is 5.10 Å². The van der Waals surface area contributed by atoms with E-state index < -0.39 is 0 Å². The van der Waals surface area contributed by atoms with Crippen molar-refractivity contribution in [1.82, 2.24) is 9.78 Å². The summed E-state index contributed by atoms with van der Waals surface area (Å²) >= 11 is 0. The SMILES string of the molecule is O=c1oc(-n2cccn2)cc2ccccc12. The van der Waals surface area contributed by atoms with E-state index in [0.29, 0.717) is 11.3 Å². The van der Waals surface area contributed by atoms with E-state index in [1.807, 2.05) is 18.2 Å². The molecule has 0 aliphatic rings. The molecule has 0 amide bonds. The van der Waals surface area contributed by atoms with Crippen molar-refractivity contribution in [2.24, 2.45) is 0 Å². The topological polar surface area (TPSA) is 48.0 Å². The van der Waals surface area contributed by atoms with Crippen molar-refractivity contribution in [1.29, 1.82) is 0 Å². The molecular formula is C12H8N2O2. The molecule has 0 bridgehead atoms. The molecule has 2 aromatic heterocycles. The average molecular weight is 212 g/mol. The Bertz CT molecular complexity index is 684. The summed E-state index contributed by atoms with van der Waals surface area (Å²) < 4.78 is 6.70. The summed E-state index contributed by atoms with van der Waals surface area (Å²) in [7, 11) is 0. The minimum absolute atomic E-state index is 0.344. The highest BCUT2D eigenvalue weighted by Gasteiger charge is 2.04. The highest BCUT2D eigenvalue weighted by molar-refractivity contribution is 5.81. The van der Waals surface area contributed by atoms with E-state index in [1.165, 1.54) is 4.68 Å². The van der Waals surface area contributed by atoms with E-state index in [1.54, 1.807) is 30.6 Å². The molecule has 3 aromatic rings. The van der Waals surface area contributed by atoms with Gasteiger partial charge < -0.3 is 4.42 Å². The van der Waals surface area contributed by atoms with Crippen molar-refractivity contribution in [3.05, 3.63) is 59.2 Å². The maximum atomic E-state index is 11.7. The van der Waals surface area contributed by atoms with Crippen LogP contribution < -0.4 is 5.63 Å². The third-order valence-electron chi connectivity index (χ3n) is 2.39. The second-order valence-electron chi connectivity index (χ2n) is 3.41. The molecule has 16 heavy (non-hydrogen) atoms. The zero-order chi connectivity index (χ0) is 11.0. The molecule has 0 atom stereocenters. The van der Waals surface area contributed by atoms with Gasteiger partial charge in [0.2, 0.25) is 5.88 Å². The molecule has 0 aliphatic heterocycles. The minimum Gasteiger partial charge on any atom is -0.404 e. The van der Waals surface area contributed by atoms with Gasteiger partial charge in [-0.1, -0.05) is 18.2 Å². The molecule has 0 fully saturated rings. The second-order valence-corrected chi connectivity index (χ2v) is 3.41. The molecule has 2 heterocycles. The summed E-state index contributed by atoms with van der Waals surface area (Å²) in [4.78, 5) is 11.7. The Morgan fingerprint density at radius 3 is 2.88 bits per heavy atom. The van der Waals surface area contributed by atoms with Gasteiger partial charge in [0.15, 0.2) is 0 Å². The predicted octanol–water partition coefficient (Wildman–Crippen LogP) is 1.98. The predicted molar refractivity (Wildman–Crippen MR) is 59.6 cm³/mol. The minimum atomic E-state index is -0.344. The van der Waals surface area contributed by atoms with E-state index >= 15 is 0 Å². The monoisotopic (exact) mass is 212 g/mol. The summed E-state index contributed by atoms with van der Waals surface area (Å²) in [6.07, 6.45) is 3.36. The Balaban J connectivity index is 2.34. The standard InChI is InChI=1S/C12H8N2O2/c15-12-10-5-2-1-4-9(10)8-11(16-12)14-7-3-6-13-14/h1-8H. The molecule has 0 saturated heterocycles. The van der Waals surface area contributed by atoms with Gasteiger partial charge in [0, 0.05) is 18.5 Å². The van der Waals surface area contributed by atoms with Crippen molar-refractivity contribution < 1.29 is 4.42 Å². The van der Waals surface area contributed by atoms with Gasteiger partial charge in [-0.3, -0.25) is 0 Å². The first-order valence-electron chi connectivity index (χ1n) is 4.87. The van der Waals surface area contributed by atoms with Gasteiger partial charge in [-0.25, -0.2) is 9.48 Å². The quantitative estimate of drug-likeness (QED) is 0.619. The maximum Gasteiger partial charge on any atom is 0.345 e. The molecule has 1 aromatic carbocycles. The molecule has 4 heteroatoms. The van der Waals surface area contributed by atoms with Gasteiger partial charge in [-0.15, -0.1) is 0 Å². The zero-order valence-corrected chi connectivity index (χ0v) is 8.33. The van der Waals surface area contributed by atoms with Crippen molar-refractivity contribution in [2.45, 2.75) is 0 Å². The Labute approximate surface area is 90.7 Å².